The summed E-state index contributed by atoms with van der Waals surface area (Å²) in [6, 6.07) is 9.28. The van der Waals surface area contributed by atoms with E-state index in [2.05, 4.69) is 10.7 Å². The maximum atomic E-state index is 11.6. The number of hydrogen-bond donors (Lipinski definition) is 2. The van der Waals surface area contributed by atoms with Crippen molar-refractivity contribution in [2.24, 2.45) is 0 Å². The van der Waals surface area contributed by atoms with E-state index in [0.29, 0.717) is 4.32 Å². The first-order chi connectivity index (χ1) is 10.0. The van der Waals surface area contributed by atoms with Crippen molar-refractivity contribution in [3.05, 3.63) is 35.9 Å². The molecule has 0 bridgehead atoms. The molecule has 1 aromatic rings. The molecule has 0 aliphatic rings. The maximum Gasteiger partial charge on any atom is 0.407 e. The van der Waals surface area contributed by atoms with Crippen LogP contribution in [-0.4, -0.2) is 41.2 Å². The molecule has 1 aromatic carbocycles. The highest BCUT2D eigenvalue weighted by Crippen LogP contribution is 2.01. The molecule has 1 rings (SSSR count). The molecule has 0 aromatic heterocycles. The van der Waals surface area contributed by atoms with Crippen molar-refractivity contribution in [2.75, 3.05) is 19.8 Å². The zero-order valence-corrected chi connectivity index (χ0v) is 13.4. The first kappa shape index (κ1) is 17.3. The van der Waals surface area contributed by atoms with Crippen LogP contribution >= 0.6 is 24.0 Å². The standard InChI is InChI=1S/C13H17N3O3S2/c1-16(13(20)21-2)15-11(17)8-14-12(18)19-9-10-6-4-3-5-7-10/h3-7H,8-9H2,1-2H3,(H,14,18)(H,15,17). The monoisotopic (exact) mass is 327 g/mol. The van der Waals surface area contributed by atoms with Gasteiger partial charge in [0.2, 0.25) is 0 Å². The van der Waals surface area contributed by atoms with Crippen LogP contribution in [0.3, 0.4) is 0 Å². The van der Waals surface area contributed by atoms with Crippen LogP contribution in [0.4, 0.5) is 4.79 Å². The van der Waals surface area contributed by atoms with E-state index in [1.54, 1.807) is 7.05 Å². The zero-order chi connectivity index (χ0) is 15.7. The Morgan fingerprint density at radius 3 is 2.62 bits per heavy atom. The van der Waals surface area contributed by atoms with Crippen LogP contribution in [0.2, 0.25) is 0 Å². The van der Waals surface area contributed by atoms with E-state index in [1.807, 2.05) is 36.6 Å². The molecule has 0 saturated heterocycles. The predicted molar refractivity (Wildman–Crippen MR) is 86.6 cm³/mol. The third-order valence-electron chi connectivity index (χ3n) is 2.35. The van der Waals surface area contributed by atoms with Gasteiger partial charge in [0.1, 0.15) is 13.2 Å². The number of nitrogens with zero attached hydrogens (tertiary/aromatic N) is 1. The highest BCUT2D eigenvalue weighted by molar-refractivity contribution is 8.22. The number of thiocarbonyl (C=S) groups is 1. The van der Waals surface area contributed by atoms with Gasteiger partial charge in [-0.25, -0.2) is 4.79 Å². The fourth-order valence-electron chi connectivity index (χ4n) is 1.34. The summed E-state index contributed by atoms with van der Waals surface area (Å²) in [6.45, 7) is -0.0281. The summed E-state index contributed by atoms with van der Waals surface area (Å²) in [4.78, 5) is 23.0. The van der Waals surface area contributed by atoms with Gasteiger partial charge in [0, 0.05) is 7.05 Å². The van der Waals surface area contributed by atoms with Gasteiger partial charge >= 0.3 is 6.09 Å². The Morgan fingerprint density at radius 1 is 1.33 bits per heavy atom. The minimum Gasteiger partial charge on any atom is -0.445 e. The summed E-state index contributed by atoms with van der Waals surface area (Å²) in [5.74, 6) is -0.384. The number of rotatable bonds is 4. The molecule has 2 amide bonds. The fraction of sp³-hybridized carbons (Fsp3) is 0.308. The maximum absolute atomic E-state index is 11.6. The van der Waals surface area contributed by atoms with Crippen molar-refractivity contribution in [3.63, 3.8) is 0 Å². The number of hydrazine groups is 1. The molecule has 6 nitrogen and oxygen atoms in total. The number of carbonyl (C=O) groups is 2. The van der Waals surface area contributed by atoms with Crippen LogP contribution in [-0.2, 0) is 16.1 Å². The third-order valence-corrected chi connectivity index (χ3v) is 3.74. The second-order valence-corrected chi connectivity index (χ2v) is 5.42. The summed E-state index contributed by atoms with van der Waals surface area (Å²) >= 11 is 6.33. The van der Waals surface area contributed by atoms with Crippen molar-refractivity contribution < 1.29 is 14.3 Å². The van der Waals surface area contributed by atoms with Crippen LogP contribution in [0.15, 0.2) is 30.3 Å². The van der Waals surface area contributed by atoms with E-state index in [0.717, 1.165) is 5.56 Å². The van der Waals surface area contributed by atoms with Crippen LogP contribution in [0.1, 0.15) is 5.56 Å². The van der Waals surface area contributed by atoms with Gasteiger partial charge in [0.15, 0.2) is 4.32 Å². The highest BCUT2D eigenvalue weighted by Gasteiger charge is 2.09. The summed E-state index contributed by atoms with van der Waals surface area (Å²) < 4.78 is 5.50. The lowest BCUT2D eigenvalue weighted by Gasteiger charge is -2.19. The molecule has 0 fully saturated rings. The first-order valence-corrected chi connectivity index (χ1v) is 7.72. The van der Waals surface area contributed by atoms with Gasteiger partial charge in [0.25, 0.3) is 5.91 Å². The fourth-order valence-corrected chi connectivity index (χ4v) is 1.70. The molecule has 0 saturated carbocycles. The minimum atomic E-state index is -0.649. The third kappa shape index (κ3) is 6.96. The number of hydrogen-bond acceptors (Lipinski definition) is 5. The van der Waals surface area contributed by atoms with E-state index in [4.69, 9.17) is 17.0 Å². The van der Waals surface area contributed by atoms with Crippen molar-refractivity contribution in [3.8, 4) is 0 Å². The Kier molecular flexibility index (Phi) is 7.55. The van der Waals surface area contributed by atoms with Crippen LogP contribution in [0.25, 0.3) is 0 Å². The number of nitrogens with one attached hydrogen (secondary N) is 2. The SMILES string of the molecule is CSC(=S)N(C)NC(=O)CNC(=O)OCc1ccccc1. The number of ether oxygens (including phenoxy) is 1. The quantitative estimate of drug-likeness (QED) is 0.645. The summed E-state index contributed by atoms with van der Waals surface area (Å²) in [7, 11) is 1.63. The van der Waals surface area contributed by atoms with Gasteiger partial charge in [0.05, 0.1) is 0 Å². The van der Waals surface area contributed by atoms with E-state index >= 15 is 0 Å². The predicted octanol–water partition coefficient (Wildman–Crippen LogP) is 1.52. The van der Waals surface area contributed by atoms with Crippen molar-refractivity contribution in [1.82, 2.24) is 15.8 Å². The van der Waals surface area contributed by atoms with E-state index in [1.165, 1.54) is 16.8 Å². The second-order valence-electron chi connectivity index (χ2n) is 3.98. The Balaban J connectivity index is 2.23. The summed E-state index contributed by atoms with van der Waals surface area (Å²) in [6.07, 6.45) is 1.16. The Labute approximate surface area is 133 Å². The zero-order valence-electron chi connectivity index (χ0n) is 11.8. The number of thioether (sulfide) groups is 1. The van der Waals surface area contributed by atoms with Gasteiger partial charge < -0.3 is 10.1 Å². The van der Waals surface area contributed by atoms with Crippen LogP contribution in [0.5, 0.6) is 0 Å². The first-order valence-electron chi connectivity index (χ1n) is 6.08. The lowest BCUT2D eigenvalue weighted by molar-refractivity contribution is -0.122. The molecule has 0 radical (unpaired) electrons. The van der Waals surface area contributed by atoms with Gasteiger partial charge in [-0.05, 0) is 11.8 Å². The number of alkyl carbamates (subject to hydrolysis) is 1. The van der Waals surface area contributed by atoms with E-state index < -0.39 is 6.09 Å². The van der Waals surface area contributed by atoms with Gasteiger partial charge in [-0.3, -0.25) is 15.2 Å². The molecule has 21 heavy (non-hydrogen) atoms. The van der Waals surface area contributed by atoms with Gasteiger partial charge in [-0.2, -0.15) is 0 Å². The normalized spacial score (nSPS) is 9.62. The van der Waals surface area contributed by atoms with Crippen molar-refractivity contribution >= 4 is 40.3 Å². The van der Waals surface area contributed by atoms with E-state index in [9.17, 15) is 9.59 Å². The molecule has 8 heteroatoms. The lowest BCUT2D eigenvalue weighted by atomic mass is 10.2. The number of amides is 2. The Morgan fingerprint density at radius 2 is 2.00 bits per heavy atom. The van der Waals surface area contributed by atoms with Crippen molar-refractivity contribution in [2.45, 2.75) is 6.61 Å². The molecule has 0 aliphatic heterocycles. The Hall–Kier alpha value is -1.80. The molecular weight excluding hydrogens is 310 g/mol. The number of carbonyl (C=O) groups excluding carboxylic acids is 2. The minimum absolute atomic E-state index is 0.157. The molecular formula is C13H17N3O3S2. The summed E-state index contributed by atoms with van der Waals surface area (Å²) in [5.41, 5.74) is 3.40. The highest BCUT2D eigenvalue weighted by atomic mass is 32.2. The average Bonchev–Trinajstić information content (AvgIpc) is 2.51. The van der Waals surface area contributed by atoms with Crippen LogP contribution in [0, 0.1) is 0 Å². The molecule has 0 spiro atoms. The van der Waals surface area contributed by atoms with Gasteiger partial charge in [-0.15, -0.1) is 0 Å². The topological polar surface area (TPSA) is 70.7 Å². The largest absolute Gasteiger partial charge is 0.445 e. The second kappa shape index (κ2) is 9.19. The molecule has 0 unspecified atom stereocenters. The summed E-state index contributed by atoms with van der Waals surface area (Å²) in [5, 5.41) is 3.78. The molecule has 0 atom stereocenters. The molecule has 0 heterocycles. The number of benzene rings is 1. The lowest BCUT2D eigenvalue weighted by Crippen LogP contribution is -2.46. The van der Waals surface area contributed by atoms with Crippen molar-refractivity contribution in [1.29, 1.82) is 0 Å². The molecule has 2 N–H and O–H groups in total. The average molecular weight is 327 g/mol. The Bertz CT molecular complexity index is 497. The smallest absolute Gasteiger partial charge is 0.407 e. The van der Waals surface area contributed by atoms with Crippen LogP contribution < -0.4 is 10.7 Å². The molecule has 0 aliphatic carbocycles. The molecule has 114 valence electrons. The van der Waals surface area contributed by atoms with Gasteiger partial charge in [-0.1, -0.05) is 54.3 Å². The van der Waals surface area contributed by atoms with E-state index in [-0.39, 0.29) is 19.1 Å².